The molecule has 0 aliphatic carbocycles. The van der Waals surface area contributed by atoms with Gasteiger partial charge in [0.1, 0.15) is 11.5 Å². The van der Waals surface area contributed by atoms with E-state index in [1.165, 1.54) is 11.8 Å². The zero-order chi connectivity index (χ0) is 19.5. The highest BCUT2D eigenvalue weighted by Gasteiger charge is 2.09. The fourth-order valence-corrected chi connectivity index (χ4v) is 2.55. The summed E-state index contributed by atoms with van der Waals surface area (Å²) in [6.45, 7) is 5.47. The molecule has 2 aromatic carbocycles. The predicted octanol–water partition coefficient (Wildman–Crippen LogP) is 4.05. The van der Waals surface area contributed by atoms with Crippen LogP contribution < -0.4 is 20.6 Å². The van der Waals surface area contributed by atoms with Crippen molar-refractivity contribution in [3.8, 4) is 11.5 Å². The van der Waals surface area contributed by atoms with Crippen LogP contribution in [0.15, 0.2) is 53.6 Å². The first-order valence-corrected chi connectivity index (χ1v) is 9.13. The molecule has 3 N–H and O–H groups in total. The van der Waals surface area contributed by atoms with Crippen LogP contribution in [-0.2, 0) is 0 Å². The minimum Gasteiger partial charge on any atom is -0.493 e. The molecule has 0 aliphatic heterocycles. The second-order valence-corrected chi connectivity index (χ2v) is 6.17. The molecule has 2 rings (SSSR count). The standard InChI is InChI=1S/C21H27N3O3/c1-3-16(2)18-10-5-7-12-20(18)27-14-8-13-26-19-11-6-4-9-17(19)15-23-24-21(22)25/h4-7,9-12,15-16H,3,8,13-14H2,1-2H3,(H3,22,24,25)/b23-15-/t16-/m1/s1. The first kappa shape index (κ1) is 20.3. The number of rotatable bonds is 10. The molecule has 2 amide bonds. The number of hydrazone groups is 1. The van der Waals surface area contributed by atoms with E-state index in [4.69, 9.17) is 15.2 Å². The fourth-order valence-electron chi connectivity index (χ4n) is 2.55. The fraction of sp³-hybridized carbons (Fsp3) is 0.333. The van der Waals surface area contributed by atoms with Crippen molar-refractivity contribution < 1.29 is 14.3 Å². The lowest BCUT2D eigenvalue weighted by Gasteiger charge is -2.16. The number of amides is 2. The van der Waals surface area contributed by atoms with E-state index in [1.807, 2.05) is 42.5 Å². The average Bonchev–Trinajstić information content (AvgIpc) is 2.68. The van der Waals surface area contributed by atoms with Crippen molar-refractivity contribution in [2.45, 2.75) is 32.6 Å². The van der Waals surface area contributed by atoms with Crippen molar-refractivity contribution in [2.24, 2.45) is 10.8 Å². The number of para-hydroxylation sites is 2. The smallest absolute Gasteiger partial charge is 0.332 e. The monoisotopic (exact) mass is 369 g/mol. The Labute approximate surface area is 160 Å². The van der Waals surface area contributed by atoms with Gasteiger partial charge in [0.25, 0.3) is 0 Å². The van der Waals surface area contributed by atoms with E-state index in [-0.39, 0.29) is 0 Å². The molecular weight excluding hydrogens is 342 g/mol. The largest absolute Gasteiger partial charge is 0.493 e. The lowest BCUT2D eigenvalue weighted by atomic mass is 9.98. The Morgan fingerprint density at radius 2 is 1.74 bits per heavy atom. The van der Waals surface area contributed by atoms with Gasteiger partial charge in [0, 0.05) is 12.0 Å². The van der Waals surface area contributed by atoms with E-state index < -0.39 is 6.03 Å². The van der Waals surface area contributed by atoms with Crippen LogP contribution in [0.1, 0.15) is 43.7 Å². The highest BCUT2D eigenvalue weighted by atomic mass is 16.5. The summed E-state index contributed by atoms with van der Waals surface area (Å²) in [4.78, 5) is 10.7. The quantitative estimate of drug-likeness (QED) is 0.376. The number of urea groups is 1. The SMILES string of the molecule is CC[C@@H](C)c1ccccc1OCCCOc1ccccc1/C=N\NC(N)=O. The Kier molecular flexibility index (Phi) is 8.16. The molecule has 1 atom stereocenters. The first-order chi connectivity index (χ1) is 13.1. The lowest BCUT2D eigenvalue weighted by molar-refractivity contribution is 0.245. The highest BCUT2D eigenvalue weighted by molar-refractivity contribution is 5.84. The molecule has 0 unspecified atom stereocenters. The summed E-state index contributed by atoms with van der Waals surface area (Å²) in [7, 11) is 0. The van der Waals surface area contributed by atoms with Crippen molar-refractivity contribution in [3.63, 3.8) is 0 Å². The summed E-state index contributed by atoms with van der Waals surface area (Å²) in [6.07, 6.45) is 3.32. The van der Waals surface area contributed by atoms with Crippen LogP contribution in [0.3, 0.4) is 0 Å². The number of carbonyl (C=O) groups is 1. The molecule has 0 fully saturated rings. The Balaban J connectivity index is 1.83. The van der Waals surface area contributed by atoms with Crippen molar-refractivity contribution in [3.05, 3.63) is 59.7 Å². The lowest BCUT2D eigenvalue weighted by Crippen LogP contribution is -2.24. The topological polar surface area (TPSA) is 85.9 Å². The number of nitrogens with two attached hydrogens (primary N) is 1. The normalized spacial score (nSPS) is 11.9. The van der Waals surface area contributed by atoms with Crippen LogP contribution in [0.25, 0.3) is 0 Å². The number of primary amides is 1. The molecule has 0 saturated heterocycles. The second-order valence-electron chi connectivity index (χ2n) is 6.17. The van der Waals surface area contributed by atoms with E-state index in [0.29, 0.717) is 24.9 Å². The van der Waals surface area contributed by atoms with Crippen molar-refractivity contribution in [2.75, 3.05) is 13.2 Å². The number of carbonyl (C=O) groups excluding carboxylic acids is 1. The zero-order valence-corrected chi connectivity index (χ0v) is 15.9. The third-order valence-electron chi connectivity index (χ3n) is 4.16. The molecule has 144 valence electrons. The Bertz CT molecular complexity index is 762. The van der Waals surface area contributed by atoms with Gasteiger partial charge in [-0.25, -0.2) is 10.2 Å². The molecule has 27 heavy (non-hydrogen) atoms. The van der Waals surface area contributed by atoms with Crippen LogP contribution in [0, 0.1) is 0 Å². The van der Waals surface area contributed by atoms with E-state index in [2.05, 4.69) is 30.4 Å². The van der Waals surface area contributed by atoms with E-state index in [0.717, 1.165) is 24.2 Å². The van der Waals surface area contributed by atoms with Gasteiger partial charge >= 0.3 is 6.03 Å². The number of ether oxygens (including phenoxy) is 2. The minimum atomic E-state index is -0.709. The van der Waals surface area contributed by atoms with Gasteiger partial charge in [-0.05, 0) is 36.1 Å². The molecule has 0 bridgehead atoms. The molecule has 0 radical (unpaired) electrons. The second kappa shape index (κ2) is 10.9. The number of hydrogen-bond acceptors (Lipinski definition) is 4. The van der Waals surface area contributed by atoms with Crippen molar-refractivity contribution in [1.82, 2.24) is 5.43 Å². The zero-order valence-electron chi connectivity index (χ0n) is 15.9. The van der Waals surface area contributed by atoms with Gasteiger partial charge in [-0.3, -0.25) is 0 Å². The summed E-state index contributed by atoms with van der Waals surface area (Å²) in [5.41, 5.74) is 9.15. The maximum atomic E-state index is 10.7. The number of nitrogens with one attached hydrogen (secondary N) is 1. The summed E-state index contributed by atoms with van der Waals surface area (Å²) in [6, 6.07) is 14.9. The van der Waals surface area contributed by atoms with E-state index in [1.54, 1.807) is 0 Å². The maximum absolute atomic E-state index is 10.7. The van der Waals surface area contributed by atoms with Crippen molar-refractivity contribution in [1.29, 1.82) is 0 Å². The molecule has 2 aromatic rings. The summed E-state index contributed by atoms with van der Waals surface area (Å²) < 4.78 is 11.8. The van der Waals surface area contributed by atoms with Gasteiger partial charge in [0.05, 0.1) is 19.4 Å². The Hall–Kier alpha value is -3.02. The van der Waals surface area contributed by atoms with Crippen LogP contribution in [0.5, 0.6) is 11.5 Å². The third kappa shape index (κ3) is 6.66. The number of nitrogens with zero attached hydrogens (tertiary/aromatic N) is 1. The molecule has 0 aliphatic rings. The molecular formula is C21H27N3O3. The molecule has 6 nitrogen and oxygen atoms in total. The summed E-state index contributed by atoms with van der Waals surface area (Å²) >= 11 is 0. The average molecular weight is 369 g/mol. The molecule has 0 saturated carbocycles. The molecule has 0 heterocycles. The summed E-state index contributed by atoms with van der Waals surface area (Å²) in [5, 5.41) is 3.77. The van der Waals surface area contributed by atoms with Gasteiger partial charge in [0.2, 0.25) is 0 Å². The van der Waals surface area contributed by atoms with Gasteiger partial charge in [0.15, 0.2) is 0 Å². The van der Waals surface area contributed by atoms with Gasteiger partial charge < -0.3 is 15.2 Å². The van der Waals surface area contributed by atoms with Crippen LogP contribution in [0.2, 0.25) is 0 Å². The predicted molar refractivity (Wildman–Crippen MR) is 108 cm³/mol. The van der Waals surface area contributed by atoms with Crippen LogP contribution >= 0.6 is 0 Å². The van der Waals surface area contributed by atoms with Crippen LogP contribution in [-0.4, -0.2) is 25.5 Å². The molecule has 0 aromatic heterocycles. The van der Waals surface area contributed by atoms with Gasteiger partial charge in [-0.1, -0.05) is 44.2 Å². The minimum absolute atomic E-state index is 0.470. The van der Waals surface area contributed by atoms with E-state index >= 15 is 0 Å². The van der Waals surface area contributed by atoms with Gasteiger partial charge in [-0.15, -0.1) is 0 Å². The van der Waals surface area contributed by atoms with E-state index in [9.17, 15) is 4.79 Å². The highest BCUT2D eigenvalue weighted by Crippen LogP contribution is 2.28. The molecule has 6 heteroatoms. The van der Waals surface area contributed by atoms with Crippen molar-refractivity contribution >= 4 is 12.2 Å². The van der Waals surface area contributed by atoms with Crippen LogP contribution in [0.4, 0.5) is 4.79 Å². The van der Waals surface area contributed by atoms with Gasteiger partial charge in [-0.2, -0.15) is 5.10 Å². The maximum Gasteiger partial charge on any atom is 0.332 e. The summed E-state index contributed by atoms with van der Waals surface area (Å²) in [5.74, 6) is 2.10. The Morgan fingerprint density at radius 3 is 2.44 bits per heavy atom. The Morgan fingerprint density at radius 1 is 1.11 bits per heavy atom. The third-order valence-corrected chi connectivity index (χ3v) is 4.16. The number of hydrogen-bond donors (Lipinski definition) is 2. The number of benzene rings is 2. The first-order valence-electron chi connectivity index (χ1n) is 9.13. The molecule has 0 spiro atoms.